The van der Waals surface area contributed by atoms with Crippen molar-refractivity contribution in [3.05, 3.63) is 121 Å². The van der Waals surface area contributed by atoms with Gasteiger partial charge in [-0.2, -0.15) is 0 Å². The van der Waals surface area contributed by atoms with Gasteiger partial charge in [-0.05, 0) is 60.7 Å². The third-order valence-electron chi connectivity index (χ3n) is 4.31. The van der Waals surface area contributed by atoms with Gasteiger partial charge in [0.05, 0.1) is 0 Å². The molecule has 4 aromatic carbocycles. The lowest BCUT2D eigenvalue weighted by molar-refractivity contribution is 0.0999. The number of benzene rings is 4. The van der Waals surface area contributed by atoms with Crippen LogP contribution in [-0.2, 0) is 0 Å². The van der Waals surface area contributed by atoms with Gasteiger partial charge in [-0.25, -0.2) is 0 Å². The number of anilines is 2. The van der Waals surface area contributed by atoms with Crippen molar-refractivity contribution in [1.82, 2.24) is 0 Å². The maximum atomic E-state index is 13.3. The second kappa shape index (κ2) is 8.59. The summed E-state index contributed by atoms with van der Waals surface area (Å²) in [5.41, 5.74) is 2.35. The Morgan fingerprint density at radius 1 is 0.536 bits per heavy atom. The van der Waals surface area contributed by atoms with E-state index in [-0.39, 0.29) is 5.91 Å². The van der Waals surface area contributed by atoms with E-state index in [4.69, 9.17) is 0 Å². The highest BCUT2D eigenvalue weighted by Gasteiger charge is 2.19. The fourth-order valence-corrected chi connectivity index (χ4v) is 3.79. The van der Waals surface area contributed by atoms with E-state index < -0.39 is 0 Å². The van der Waals surface area contributed by atoms with Gasteiger partial charge in [0.2, 0.25) is 0 Å². The van der Waals surface area contributed by atoms with Crippen LogP contribution in [0.2, 0.25) is 0 Å². The van der Waals surface area contributed by atoms with Crippen molar-refractivity contribution in [2.24, 2.45) is 0 Å². The SMILES string of the molecule is O=C(c1ccc(Sc2ccccc2)cc1)N(c1ccccc1)c1ccccc1. The lowest BCUT2D eigenvalue weighted by Gasteiger charge is -2.23. The van der Waals surface area contributed by atoms with Gasteiger partial charge >= 0.3 is 0 Å². The number of nitrogens with zero attached hydrogens (tertiary/aromatic N) is 1. The molecule has 4 rings (SSSR count). The quantitative estimate of drug-likeness (QED) is 0.378. The summed E-state index contributed by atoms with van der Waals surface area (Å²) in [6.07, 6.45) is 0. The second-order valence-corrected chi connectivity index (χ2v) is 7.40. The molecular formula is C25H19NOS. The van der Waals surface area contributed by atoms with Gasteiger partial charge in [0.15, 0.2) is 0 Å². The van der Waals surface area contributed by atoms with Crippen LogP contribution in [0.15, 0.2) is 125 Å². The van der Waals surface area contributed by atoms with Gasteiger partial charge < -0.3 is 0 Å². The molecule has 0 unspecified atom stereocenters. The fourth-order valence-electron chi connectivity index (χ4n) is 2.96. The Labute approximate surface area is 169 Å². The van der Waals surface area contributed by atoms with E-state index in [1.54, 1.807) is 16.7 Å². The van der Waals surface area contributed by atoms with Gasteiger partial charge in [0.1, 0.15) is 0 Å². The molecular weight excluding hydrogens is 362 g/mol. The van der Waals surface area contributed by atoms with Gasteiger partial charge in [-0.1, -0.05) is 66.4 Å². The molecule has 2 nitrogen and oxygen atoms in total. The van der Waals surface area contributed by atoms with Crippen LogP contribution < -0.4 is 4.90 Å². The van der Waals surface area contributed by atoms with Gasteiger partial charge in [-0.3, -0.25) is 9.69 Å². The molecule has 0 saturated heterocycles. The van der Waals surface area contributed by atoms with Gasteiger partial charge in [-0.15, -0.1) is 0 Å². The predicted octanol–water partition coefficient (Wildman–Crippen LogP) is 6.82. The summed E-state index contributed by atoms with van der Waals surface area (Å²) < 4.78 is 0. The standard InChI is InChI=1S/C25H19NOS/c27-25(20-16-18-24(19-17-20)28-23-14-8-3-9-15-23)26(21-10-4-1-5-11-21)22-12-6-2-7-13-22/h1-19H. The number of para-hydroxylation sites is 2. The Morgan fingerprint density at radius 3 is 1.46 bits per heavy atom. The summed E-state index contributed by atoms with van der Waals surface area (Å²) in [4.78, 5) is 17.4. The molecule has 0 saturated carbocycles. The van der Waals surface area contributed by atoms with Crippen molar-refractivity contribution in [2.45, 2.75) is 9.79 Å². The highest BCUT2D eigenvalue weighted by Crippen LogP contribution is 2.30. The molecule has 0 spiro atoms. The number of rotatable bonds is 5. The average Bonchev–Trinajstić information content (AvgIpc) is 2.77. The maximum Gasteiger partial charge on any atom is 0.262 e. The Morgan fingerprint density at radius 2 is 0.964 bits per heavy atom. The first-order valence-corrected chi connectivity index (χ1v) is 9.90. The number of carbonyl (C=O) groups excluding carboxylic acids is 1. The molecule has 3 heteroatoms. The Hall–Kier alpha value is -3.30. The molecule has 0 aliphatic carbocycles. The van der Waals surface area contributed by atoms with Crippen LogP contribution in [0.5, 0.6) is 0 Å². The first kappa shape index (κ1) is 18.1. The minimum Gasteiger partial charge on any atom is -0.277 e. The monoisotopic (exact) mass is 381 g/mol. The number of hydrogen-bond donors (Lipinski definition) is 0. The van der Waals surface area contributed by atoms with E-state index in [0.717, 1.165) is 16.3 Å². The van der Waals surface area contributed by atoms with Gasteiger partial charge in [0.25, 0.3) is 5.91 Å². The number of carbonyl (C=O) groups is 1. The van der Waals surface area contributed by atoms with Crippen molar-refractivity contribution in [3.63, 3.8) is 0 Å². The van der Waals surface area contributed by atoms with Crippen molar-refractivity contribution in [3.8, 4) is 0 Å². The highest BCUT2D eigenvalue weighted by molar-refractivity contribution is 7.99. The molecule has 0 atom stereocenters. The summed E-state index contributed by atoms with van der Waals surface area (Å²) in [5, 5.41) is 0. The molecule has 0 aliphatic heterocycles. The van der Waals surface area contributed by atoms with Crippen molar-refractivity contribution in [1.29, 1.82) is 0 Å². The van der Waals surface area contributed by atoms with Gasteiger partial charge in [0, 0.05) is 26.7 Å². The first-order valence-electron chi connectivity index (χ1n) is 9.09. The second-order valence-electron chi connectivity index (χ2n) is 6.25. The Bertz CT molecular complexity index is 993. The van der Waals surface area contributed by atoms with Crippen LogP contribution in [0.25, 0.3) is 0 Å². The zero-order valence-electron chi connectivity index (χ0n) is 15.2. The molecule has 0 radical (unpaired) electrons. The molecule has 136 valence electrons. The van der Waals surface area contributed by atoms with E-state index in [0.29, 0.717) is 5.56 Å². The minimum absolute atomic E-state index is 0.0475. The van der Waals surface area contributed by atoms with Crippen LogP contribution in [0.3, 0.4) is 0 Å². The van der Waals surface area contributed by atoms with Crippen LogP contribution >= 0.6 is 11.8 Å². The summed E-state index contributed by atoms with van der Waals surface area (Å²) >= 11 is 1.68. The number of hydrogen-bond acceptors (Lipinski definition) is 2. The third kappa shape index (κ3) is 4.16. The zero-order valence-corrected chi connectivity index (χ0v) is 16.0. The summed E-state index contributed by atoms with van der Waals surface area (Å²) in [6, 6.07) is 37.5. The third-order valence-corrected chi connectivity index (χ3v) is 5.33. The van der Waals surface area contributed by atoms with E-state index in [9.17, 15) is 4.79 Å². The molecule has 0 heterocycles. The normalized spacial score (nSPS) is 10.4. The summed E-state index contributed by atoms with van der Waals surface area (Å²) in [5.74, 6) is -0.0475. The van der Waals surface area contributed by atoms with Crippen LogP contribution in [0, 0.1) is 0 Å². The topological polar surface area (TPSA) is 20.3 Å². The molecule has 0 aromatic heterocycles. The summed E-state index contributed by atoms with van der Waals surface area (Å²) in [7, 11) is 0. The highest BCUT2D eigenvalue weighted by atomic mass is 32.2. The summed E-state index contributed by atoms with van der Waals surface area (Å²) in [6.45, 7) is 0. The smallest absolute Gasteiger partial charge is 0.262 e. The van der Waals surface area contributed by atoms with Crippen molar-refractivity contribution >= 4 is 29.0 Å². The van der Waals surface area contributed by atoms with E-state index >= 15 is 0 Å². The molecule has 0 N–H and O–H groups in total. The average molecular weight is 382 g/mol. The fraction of sp³-hybridized carbons (Fsp3) is 0. The molecule has 0 fully saturated rings. The lowest BCUT2D eigenvalue weighted by Crippen LogP contribution is -2.25. The maximum absolute atomic E-state index is 13.3. The largest absolute Gasteiger partial charge is 0.277 e. The Balaban J connectivity index is 1.62. The van der Waals surface area contributed by atoms with E-state index in [1.165, 1.54) is 4.90 Å². The van der Waals surface area contributed by atoms with Crippen molar-refractivity contribution < 1.29 is 4.79 Å². The Kier molecular flexibility index (Phi) is 5.55. The van der Waals surface area contributed by atoms with Crippen molar-refractivity contribution in [2.75, 3.05) is 4.90 Å². The van der Waals surface area contributed by atoms with E-state index in [1.807, 2.05) is 103 Å². The zero-order chi connectivity index (χ0) is 19.2. The molecule has 4 aromatic rings. The molecule has 0 bridgehead atoms. The molecule has 1 amide bonds. The molecule has 0 aliphatic rings. The van der Waals surface area contributed by atoms with Crippen LogP contribution in [0.1, 0.15) is 10.4 Å². The minimum atomic E-state index is -0.0475. The first-order chi connectivity index (χ1) is 13.8. The molecule has 28 heavy (non-hydrogen) atoms. The van der Waals surface area contributed by atoms with Crippen LogP contribution in [0.4, 0.5) is 11.4 Å². The van der Waals surface area contributed by atoms with E-state index in [2.05, 4.69) is 12.1 Å². The number of amides is 1. The lowest BCUT2D eigenvalue weighted by atomic mass is 10.1. The van der Waals surface area contributed by atoms with Crippen LogP contribution in [-0.4, -0.2) is 5.91 Å². The predicted molar refractivity (Wildman–Crippen MR) is 116 cm³/mol.